The maximum Gasteiger partial charge on any atom is 0.251 e. The van der Waals surface area contributed by atoms with E-state index in [1.54, 1.807) is 0 Å². The fourth-order valence-corrected chi connectivity index (χ4v) is 3.41. The number of fused-ring (bicyclic) bond motifs is 1. The second-order valence-corrected chi connectivity index (χ2v) is 6.13. The van der Waals surface area contributed by atoms with Gasteiger partial charge in [0.2, 0.25) is 0 Å². The molecule has 1 unspecified atom stereocenters. The number of aliphatic hydroxyl groups is 1. The quantitative estimate of drug-likeness (QED) is 0.861. The predicted octanol–water partition coefficient (Wildman–Crippen LogP) is 3.07. The van der Waals surface area contributed by atoms with Gasteiger partial charge in [0.15, 0.2) is 0 Å². The summed E-state index contributed by atoms with van der Waals surface area (Å²) in [6, 6.07) is 16.1. The number of aryl methyl sites for hydroxylation is 1. The second-order valence-electron chi connectivity index (χ2n) is 6.13. The van der Waals surface area contributed by atoms with Crippen LogP contribution in [0.25, 0.3) is 0 Å². The number of hydrogen-bond acceptors (Lipinski definition) is 2. The third-order valence-electron chi connectivity index (χ3n) is 4.65. The molecule has 3 rings (SSSR count). The number of benzene rings is 2. The van der Waals surface area contributed by atoms with Crippen molar-refractivity contribution in [3.63, 3.8) is 0 Å². The maximum absolute atomic E-state index is 12.6. The molecular weight excluding hydrogens is 286 g/mol. The average Bonchev–Trinajstić information content (AvgIpc) is 3.07. The largest absolute Gasteiger partial charge is 0.396 e. The monoisotopic (exact) mass is 309 g/mol. The number of carbonyl (C=O) groups excluding carboxylic acids is 1. The highest BCUT2D eigenvalue weighted by molar-refractivity contribution is 5.96. The molecule has 0 radical (unpaired) electrons. The lowest BCUT2D eigenvalue weighted by Gasteiger charge is -2.18. The van der Waals surface area contributed by atoms with Gasteiger partial charge in [-0.25, -0.2) is 0 Å². The van der Waals surface area contributed by atoms with Gasteiger partial charge in [0.05, 0.1) is 0 Å². The molecule has 0 aliphatic heterocycles. The summed E-state index contributed by atoms with van der Waals surface area (Å²) in [5.41, 5.74) is 4.49. The Balaban J connectivity index is 1.69. The number of carbonyl (C=O) groups is 1. The van der Waals surface area contributed by atoms with E-state index in [1.165, 1.54) is 11.1 Å². The molecule has 0 aromatic heterocycles. The van der Waals surface area contributed by atoms with E-state index in [1.807, 2.05) is 42.5 Å². The summed E-state index contributed by atoms with van der Waals surface area (Å²) in [5, 5.41) is 12.4. The van der Waals surface area contributed by atoms with E-state index in [0.29, 0.717) is 13.0 Å². The Morgan fingerprint density at radius 2 is 1.91 bits per heavy atom. The smallest absolute Gasteiger partial charge is 0.251 e. The van der Waals surface area contributed by atoms with Crippen LogP contribution >= 0.6 is 0 Å². The van der Waals surface area contributed by atoms with Crippen LogP contribution in [0, 0.1) is 0 Å². The highest BCUT2D eigenvalue weighted by Gasteiger charge is 2.19. The number of amides is 1. The molecule has 0 spiro atoms. The number of rotatable bonds is 6. The van der Waals surface area contributed by atoms with Gasteiger partial charge >= 0.3 is 0 Å². The first-order valence-corrected chi connectivity index (χ1v) is 8.34. The Kier molecular flexibility index (Phi) is 5.09. The van der Waals surface area contributed by atoms with Crippen molar-refractivity contribution in [1.29, 1.82) is 0 Å². The molecule has 0 fully saturated rings. The Hall–Kier alpha value is -2.13. The van der Waals surface area contributed by atoms with E-state index in [9.17, 15) is 9.90 Å². The lowest BCUT2D eigenvalue weighted by Crippen LogP contribution is -2.29. The lowest BCUT2D eigenvalue weighted by molar-refractivity contribution is 0.0948. The van der Waals surface area contributed by atoms with Gasteiger partial charge < -0.3 is 10.4 Å². The molecule has 120 valence electrons. The Morgan fingerprint density at radius 1 is 1.09 bits per heavy atom. The van der Waals surface area contributed by atoms with Crippen molar-refractivity contribution in [3.8, 4) is 0 Å². The van der Waals surface area contributed by atoms with Crippen LogP contribution in [0.4, 0.5) is 0 Å². The number of aliphatic hydroxyl groups excluding tert-OH is 1. The highest BCUT2D eigenvalue weighted by Crippen LogP contribution is 2.25. The molecule has 0 heterocycles. The Morgan fingerprint density at radius 3 is 2.70 bits per heavy atom. The van der Waals surface area contributed by atoms with Gasteiger partial charge in [0.25, 0.3) is 5.91 Å². The molecule has 0 bridgehead atoms. The minimum Gasteiger partial charge on any atom is -0.396 e. The maximum atomic E-state index is 12.6. The van der Waals surface area contributed by atoms with Gasteiger partial charge in [0, 0.05) is 24.6 Å². The van der Waals surface area contributed by atoms with Gasteiger partial charge in [0.1, 0.15) is 0 Å². The third-order valence-corrected chi connectivity index (χ3v) is 4.65. The molecule has 2 aromatic rings. The summed E-state index contributed by atoms with van der Waals surface area (Å²) in [7, 11) is 0. The molecule has 0 saturated carbocycles. The molecule has 3 heteroatoms. The number of nitrogens with one attached hydrogen (secondary N) is 1. The molecule has 3 nitrogen and oxygen atoms in total. The molecule has 0 saturated heterocycles. The lowest BCUT2D eigenvalue weighted by atomic mass is 9.95. The zero-order valence-electron chi connectivity index (χ0n) is 13.3. The fourth-order valence-electron chi connectivity index (χ4n) is 3.41. The summed E-state index contributed by atoms with van der Waals surface area (Å²) in [4.78, 5) is 12.6. The van der Waals surface area contributed by atoms with Crippen LogP contribution < -0.4 is 5.32 Å². The van der Waals surface area contributed by atoms with E-state index >= 15 is 0 Å². The molecule has 1 atom stereocenters. The zero-order chi connectivity index (χ0) is 16.1. The summed E-state index contributed by atoms with van der Waals surface area (Å²) >= 11 is 0. The Bertz CT molecular complexity index is 667. The molecule has 1 aliphatic carbocycles. The van der Waals surface area contributed by atoms with Crippen LogP contribution in [0.1, 0.15) is 45.8 Å². The van der Waals surface area contributed by atoms with E-state index in [4.69, 9.17) is 0 Å². The van der Waals surface area contributed by atoms with Gasteiger partial charge in [-0.3, -0.25) is 4.79 Å². The van der Waals surface area contributed by atoms with E-state index < -0.39 is 0 Å². The van der Waals surface area contributed by atoms with Crippen LogP contribution in [0.15, 0.2) is 48.5 Å². The third kappa shape index (κ3) is 3.62. The van der Waals surface area contributed by atoms with Crippen LogP contribution in [0.2, 0.25) is 0 Å². The summed E-state index contributed by atoms with van der Waals surface area (Å²) < 4.78 is 0. The van der Waals surface area contributed by atoms with E-state index in [-0.39, 0.29) is 18.4 Å². The van der Waals surface area contributed by atoms with Crippen molar-refractivity contribution >= 4 is 5.91 Å². The molecule has 23 heavy (non-hydrogen) atoms. The average molecular weight is 309 g/mol. The standard InChI is InChI=1S/C20H23NO2/c22-13-12-17(15-6-2-1-3-7-15)14-21-20(23)19-11-5-9-16-8-4-10-18(16)19/h1-3,5-7,9,11,17,22H,4,8,10,12-14H2,(H,21,23). The minimum absolute atomic E-state index is 0.00243. The number of hydrogen-bond donors (Lipinski definition) is 2. The molecule has 2 N–H and O–H groups in total. The normalized spacial score (nSPS) is 14.3. The van der Waals surface area contributed by atoms with E-state index in [2.05, 4.69) is 11.4 Å². The van der Waals surface area contributed by atoms with Crippen molar-refractivity contribution in [1.82, 2.24) is 5.32 Å². The van der Waals surface area contributed by atoms with E-state index in [0.717, 1.165) is 30.4 Å². The second kappa shape index (κ2) is 7.42. The Labute approximate surface area is 137 Å². The SMILES string of the molecule is O=C(NCC(CCO)c1ccccc1)c1cccc2c1CCC2. The van der Waals surface area contributed by atoms with Crippen molar-refractivity contribution in [2.45, 2.75) is 31.6 Å². The molecular formula is C20H23NO2. The van der Waals surface area contributed by atoms with Gasteiger partial charge in [-0.2, -0.15) is 0 Å². The van der Waals surface area contributed by atoms with Gasteiger partial charge in [-0.1, -0.05) is 42.5 Å². The summed E-state index contributed by atoms with van der Waals surface area (Å²) in [6.45, 7) is 0.670. The first kappa shape index (κ1) is 15.8. The minimum atomic E-state index is 0.00243. The highest BCUT2D eigenvalue weighted by atomic mass is 16.3. The van der Waals surface area contributed by atoms with Crippen LogP contribution in [-0.2, 0) is 12.8 Å². The fraction of sp³-hybridized carbons (Fsp3) is 0.350. The first-order chi connectivity index (χ1) is 11.3. The topological polar surface area (TPSA) is 49.3 Å². The van der Waals surface area contributed by atoms with Crippen LogP contribution in [0.5, 0.6) is 0 Å². The van der Waals surface area contributed by atoms with Crippen molar-refractivity contribution in [2.24, 2.45) is 0 Å². The van der Waals surface area contributed by atoms with Crippen LogP contribution in [0.3, 0.4) is 0 Å². The van der Waals surface area contributed by atoms with Crippen LogP contribution in [-0.4, -0.2) is 24.2 Å². The van der Waals surface area contributed by atoms with Gasteiger partial charge in [-0.15, -0.1) is 0 Å². The summed E-state index contributed by atoms with van der Waals surface area (Å²) in [6.07, 6.45) is 3.86. The van der Waals surface area contributed by atoms with Crippen molar-refractivity contribution in [3.05, 3.63) is 70.8 Å². The summed E-state index contributed by atoms with van der Waals surface area (Å²) in [5.74, 6) is 0.143. The molecule has 1 aliphatic rings. The van der Waals surface area contributed by atoms with Gasteiger partial charge in [-0.05, 0) is 48.4 Å². The predicted molar refractivity (Wildman–Crippen MR) is 91.7 cm³/mol. The van der Waals surface area contributed by atoms with Crippen molar-refractivity contribution in [2.75, 3.05) is 13.2 Å². The molecule has 1 amide bonds. The molecule has 2 aromatic carbocycles. The van der Waals surface area contributed by atoms with Crippen molar-refractivity contribution < 1.29 is 9.90 Å². The first-order valence-electron chi connectivity index (χ1n) is 8.34. The zero-order valence-corrected chi connectivity index (χ0v) is 13.3.